The van der Waals surface area contributed by atoms with E-state index in [4.69, 9.17) is 9.47 Å². The summed E-state index contributed by atoms with van der Waals surface area (Å²) in [5.41, 5.74) is 2.08. The van der Waals surface area contributed by atoms with Crippen molar-refractivity contribution in [1.82, 2.24) is 9.97 Å². The van der Waals surface area contributed by atoms with E-state index in [1.54, 1.807) is 17.7 Å². The second-order valence-electron chi connectivity index (χ2n) is 5.55. The minimum atomic E-state index is 0.117. The van der Waals surface area contributed by atoms with Gasteiger partial charge in [-0.25, -0.2) is 9.97 Å². The van der Waals surface area contributed by atoms with Crippen molar-refractivity contribution in [1.29, 1.82) is 0 Å². The number of nitrogens with zero attached hydrogens (tertiary/aromatic N) is 2. The minimum Gasteiger partial charge on any atom is -0.486 e. The van der Waals surface area contributed by atoms with E-state index in [-0.39, 0.29) is 6.10 Å². The Morgan fingerprint density at radius 1 is 1.30 bits per heavy atom. The molecule has 0 amide bonds. The Labute approximate surface area is 138 Å². The molecule has 1 unspecified atom stereocenters. The van der Waals surface area contributed by atoms with Gasteiger partial charge in [0.15, 0.2) is 0 Å². The molecule has 0 radical (unpaired) electrons. The second kappa shape index (κ2) is 6.14. The van der Waals surface area contributed by atoms with Crippen LogP contribution in [0.1, 0.15) is 12.0 Å². The van der Waals surface area contributed by atoms with Crippen molar-refractivity contribution in [2.45, 2.75) is 19.4 Å². The van der Waals surface area contributed by atoms with Crippen molar-refractivity contribution < 1.29 is 9.47 Å². The zero-order valence-corrected chi connectivity index (χ0v) is 13.6. The highest BCUT2D eigenvalue weighted by atomic mass is 32.1. The third kappa shape index (κ3) is 2.87. The topological polar surface area (TPSA) is 56.3 Å². The Hall–Kier alpha value is -2.18. The Kier molecular flexibility index (Phi) is 3.85. The molecule has 0 saturated carbocycles. The SMILES string of the molecule is Cc1csc2ncnc(Nc3ccccc3OC3CCOC3)c12. The van der Waals surface area contributed by atoms with Crippen LogP contribution in [0.4, 0.5) is 11.5 Å². The number of para-hydroxylation sites is 2. The van der Waals surface area contributed by atoms with Crippen molar-refractivity contribution >= 4 is 33.1 Å². The van der Waals surface area contributed by atoms with Crippen LogP contribution < -0.4 is 10.1 Å². The zero-order valence-electron chi connectivity index (χ0n) is 12.8. The maximum Gasteiger partial charge on any atom is 0.143 e. The van der Waals surface area contributed by atoms with Gasteiger partial charge in [-0.3, -0.25) is 0 Å². The lowest BCUT2D eigenvalue weighted by Crippen LogP contribution is -2.16. The molecule has 5 nitrogen and oxygen atoms in total. The number of nitrogens with one attached hydrogen (secondary N) is 1. The molecule has 1 fully saturated rings. The van der Waals surface area contributed by atoms with E-state index in [0.29, 0.717) is 6.61 Å². The third-order valence-corrected chi connectivity index (χ3v) is 4.88. The maximum absolute atomic E-state index is 6.07. The number of aryl methyl sites for hydroxylation is 1. The summed E-state index contributed by atoms with van der Waals surface area (Å²) in [5, 5.41) is 6.57. The molecule has 3 aromatic rings. The van der Waals surface area contributed by atoms with E-state index in [1.165, 1.54) is 5.56 Å². The molecular weight excluding hydrogens is 310 g/mol. The van der Waals surface area contributed by atoms with Gasteiger partial charge in [-0.15, -0.1) is 11.3 Å². The van der Waals surface area contributed by atoms with Gasteiger partial charge in [0.05, 0.1) is 24.3 Å². The average Bonchev–Trinajstić information content (AvgIpc) is 3.20. The highest BCUT2D eigenvalue weighted by Gasteiger charge is 2.19. The van der Waals surface area contributed by atoms with Crippen LogP contribution in [0.2, 0.25) is 0 Å². The summed E-state index contributed by atoms with van der Waals surface area (Å²) in [5.74, 6) is 1.63. The fourth-order valence-corrected chi connectivity index (χ4v) is 3.59. The molecule has 4 rings (SSSR count). The summed E-state index contributed by atoms with van der Waals surface area (Å²) in [4.78, 5) is 9.73. The predicted octanol–water partition coefficient (Wildman–Crippen LogP) is 3.91. The van der Waals surface area contributed by atoms with Gasteiger partial charge >= 0.3 is 0 Å². The molecule has 23 heavy (non-hydrogen) atoms. The lowest BCUT2D eigenvalue weighted by atomic mass is 10.2. The normalized spacial score (nSPS) is 17.5. The van der Waals surface area contributed by atoms with Gasteiger partial charge in [-0.05, 0) is 30.0 Å². The van der Waals surface area contributed by atoms with E-state index in [1.807, 2.05) is 24.3 Å². The Morgan fingerprint density at radius 3 is 3.09 bits per heavy atom. The Balaban J connectivity index is 1.66. The highest BCUT2D eigenvalue weighted by Crippen LogP contribution is 2.33. The molecule has 0 bridgehead atoms. The van der Waals surface area contributed by atoms with Gasteiger partial charge in [0.2, 0.25) is 0 Å². The van der Waals surface area contributed by atoms with Crippen LogP contribution in [0.15, 0.2) is 36.0 Å². The van der Waals surface area contributed by atoms with Crippen LogP contribution >= 0.6 is 11.3 Å². The lowest BCUT2D eigenvalue weighted by Gasteiger charge is -2.16. The summed E-state index contributed by atoms with van der Waals surface area (Å²) < 4.78 is 11.5. The maximum atomic E-state index is 6.07. The van der Waals surface area contributed by atoms with E-state index in [9.17, 15) is 0 Å². The smallest absolute Gasteiger partial charge is 0.143 e. The standard InChI is InChI=1S/C17H17N3O2S/c1-11-9-23-17-15(11)16(18-10-19-17)20-13-4-2-3-5-14(13)22-12-6-7-21-8-12/h2-5,9-10,12H,6-8H2,1H3,(H,18,19,20). The van der Waals surface area contributed by atoms with Gasteiger partial charge in [-0.2, -0.15) is 0 Å². The number of anilines is 2. The first-order chi connectivity index (χ1) is 11.3. The van der Waals surface area contributed by atoms with Gasteiger partial charge < -0.3 is 14.8 Å². The molecule has 1 saturated heterocycles. The van der Waals surface area contributed by atoms with E-state index in [0.717, 1.165) is 40.5 Å². The van der Waals surface area contributed by atoms with Crippen LogP contribution in [0.5, 0.6) is 5.75 Å². The molecule has 1 atom stereocenters. The van der Waals surface area contributed by atoms with Gasteiger partial charge in [-0.1, -0.05) is 12.1 Å². The van der Waals surface area contributed by atoms with E-state index >= 15 is 0 Å². The number of aromatic nitrogens is 2. The molecule has 1 aromatic carbocycles. The first-order valence-electron chi connectivity index (χ1n) is 7.60. The van der Waals surface area contributed by atoms with E-state index in [2.05, 4.69) is 27.6 Å². The lowest BCUT2D eigenvalue weighted by molar-refractivity contribution is 0.142. The summed E-state index contributed by atoms with van der Waals surface area (Å²) >= 11 is 1.63. The minimum absolute atomic E-state index is 0.117. The molecule has 1 aliphatic rings. The summed E-state index contributed by atoms with van der Waals surface area (Å²) in [6.45, 7) is 3.49. The number of ether oxygens (including phenoxy) is 2. The quantitative estimate of drug-likeness (QED) is 0.787. The first kappa shape index (κ1) is 14.4. The monoisotopic (exact) mass is 327 g/mol. The molecule has 2 aromatic heterocycles. The molecule has 0 spiro atoms. The highest BCUT2D eigenvalue weighted by molar-refractivity contribution is 7.17. The third-order valence-electron chi connectivity index (χ3n) is 3.88. The van der Waals surface area contributed by atoms with E-state index < -0.39 is 0 Å². The number of thiophene rings is 1. The second-order valence-corrected chi connectivity index (χ2v) is 6.40. The molecule has 3 heterocycles. The Bertz CT molecular complexity index is 828. The Morgan fingerprint density at radius 2 is 2.22 bits per heavy atom. The molecule has 1 N–H and O–H groups in total. The average molecular weight is 327 g/mol. The number of benzene rings is 1. The molecule has 6 heteroatoms. The van der Waals surface area contributed by atoms with Crippen LogP contribution in [0.25, 0.3) is 10.2 Å². The largest absolute Gasteiger partial charge is 0.486 e. The number of fused-ring (bicyclic) bond motifs is 1. The van der Waals surface area contributed by atoms with Crippen molar-refractivity contribution in [2.24, 2.45) is 0 Å². The molecule has 118 valence electrons. The van der Waals surface area contributed by atoms with Crippen LogP contribution in [-0.2, 0) is 4.74 Å². The van der Waals surface area contributed by atoms with Crippen molar-refractivity contribution in [3.8, 4) is 5.75 Å². The number of rotatable bonds is 4. The molecule has 0 aliphatic carbocycles. The van der Waals surface area contributed by atoms with Gasteiger partial charge in [0.1, 0.15) is 28.8 Å². The van der Waals surface area contributed by atoms with Gasteiger partial charge in [0, 0.05) is 6.42 Å². The molecule has 1 aliphatic heterocycles. The fourth-order valence-electron chi connectivity index (χ4n) is 2.70. The van der Waals surface area contributed by atoms with Crippen LogP contribution in [-0.4, -0.2) is 29.3 Å². The first-order valence-corrected chi connectivity index (χ1v) is 8.48. The number of hydrogen-bond acceptors (Lipinski definition) is 6. The van der Waals surface area contributed by atoms with Gasteiger partial charge in [0.25, 0.3) is 0 Å². The van der Waals surface area contributed by atoms with Crippen LogP contribution in [0, 0.1) is 6.92 Å². The van der Waals surface area contributed by atoms with Crippen molar-refractivity contribution in [2.75, 3.05) is 18.5 Å². The number of hydrogen-bond donors (Lipinski definition) is 1. The fraction of sp³-hybridized carbons (Fsp3) is 0.294. The van der Waals surface area contributed by atoms with Crippen LogP contribution in [0.3, 0.4) is 0 Å². The summed E-state index contributed by atoms with van der Waals surface area (Å²) in [6.07, 6.45) is 2.64. The molecular formula is C17H17N3O2S. The predicted molar refractivity (Wildman–Crippen MR) is 91.7 cm³/mol. The van der Waals surface area contributed by atoms with Crippen molar-refractivity contribution in [3.05, 3.63) is 41.5 Å². The summed E-state index contributed by atoms with van der Waals surface area (Å²) in [7, 11) is 0. The van der Waals surface area contributed by atoms with Crippen molar-refractivity contribution in [3.63, 3.8) is 0 Å². The zero-order chi connectivity index (χ0) is 15.6. The summed E-state index contributed by atoms with van der Waals surface area (Å²) in [6, 6.07) is 7.93.